The fourth-order valence-electron chi connectivity index (χ4n) is 2.71. The Hall–Kier alpha value is -0.670. The molecule has 2 rings (SSSR count). The number of hydrogen-bond acceptors (Lipinski definition) is 2. The topological polar surface area (TPSA) is 43.1 Å². The smallest absolute Gasteiger partial charge is 0.0544 e. The summed E-state index contributed by atoms with van der Waals surface area (Å²) in [6, 6.07) is 8.28. The van der Waals surface area contributed by atoms with E-state index in [0.29, 0.717) is 0 Å². The highest BCUT2D eigenvalue weighted by atomic mass is 32.2. The Kier molecular flexibility index (Phi) is 4.95. The van der Waals surface area contributed by atoms with Crippen LogP contribution in [0, 0.1) is 0 Å². The molecule has 0 aliphatic heterocycles. The molecule has 3 unspecified atom stereocenters. The second-order valence-electron chi connectivity index (χ2n) is 5.09. The van der Waals surface area contributed by atoms with E-state index in [4.69, 9.17) is 5.73 Å². The summed E-state index contributed by atoms with van der Waals surface area (Å²) in [5.41, 5.74) is 8.85. The Morgan fingerprint density at radius 2 is 2.11 bits per heavy atom. The minimum atomic E-state index is -0.770. The van der Waals surface area contributed by atoms with Gasteiger partial charge in [0.2, 0.25) is 0 Å². The van der Waals surface area contributed by atoms with Crippen LogP contribution in [0.5, 0.6) is 0 Å². The summed E-state index contributed by atoms with van der Waals surface area (Å²) >= 11 is 0. The Balaban J connectivity index is 2.02. The first-order valence-electron chi connectivity index (χ1n) is 6.94. The van der Waals surface area contributed by atoms with Gasteiger partial charge in [-0.1, -0.05) is 44.0 Å². The van der Waals surface area contributed by atoms with E-state index in [9.17, 15) is 4.21 Å². The first-order valence-corrected chi connectivity index (χ1v) is 8.32. The van der Waals surface area contributed by atoms with Crippen LogP contribution in [-0.2, 0) is 17.2 Å². The third kappa shape index (κ3) is 3.01. The van der Waals surface area contributed by atoms with E-state index in [0.717, 1.165) is 25.0 Å². The minimum Gasteiger partial charge on any atom is -0.323 e. The predicted molar refractivity (Wildman–Crippen MR) is 78.0 cm³/mol. The summed E-state index contributed by atoms with van der Waals surface area (Å²) < 4.78 is 12.3. The van der Waals surface area contributed by atoms with Crippen LogP contribution in [0.2, 0.25) is 0 Å². The van der Waals surface area contributed by atoms with Crippen LogP contribution in [0.15, 0.2) is 24.3 Å². The molecular formula is C15H23NOS. The average molecular weight is 265 g/mol. The van der Waals surface area contributed by atoms with Crippen LogP contribution in [0.1, 0.15) is 49.8 Å². The van der Waals surface area contributed by atoms with E-state index in [1.54, 1.807) is 0 Å². The summed E-state index contributed by atoms with van der Waals surface area (Å²) in [7, 11) is -0.770. The van der Waals surface area contributed by atoms with Gasteiger partial charge in [-0.25, -0.2) is 0 Å². The molecule has 0 aromatic heterocycles. The molecule has 1 aliphatic carbocycles. The lowest BCUT2D eigenvalue weighted by Gasteiger charge is -2.30. The van der Waals surface area contributed by atoms with Crippen LogP contribution in [0.4, 0.5) is 0 Å². The van der Waals surface area contributed by atoms with E-state index in [1.165, 1.54) is 24.0 Å². The van der Waals surface area contributed by atoms with Crippen molar-refractivity contribution in [2.24, 2.45) is 5.73 Å². The second-order valence-corrected chi connectivity index (χ2v) is 6.87. The molecular weight excluding hydrogens is 242 g/mol. The first kappa shape index (κ1) is 13.8. The summed E-state index contributed by atoms with van der Waals surface area (Å²) in [5.74, 6) is 0.814. The highest BCUT2D eigenvalue weighted by molar-refractivity contribution is 7.85. The normalized spacial score (nSPS) is 24.6. The van der Waals surface area contributed by atoms with Crippen molar-refractivity contribution >= 4 is 10.8 Å². The van der Waals surface area contributed by atoms with Gasteiger partial charge in [-0.3, -0.25) is 4.21 Å². The molecule has 0 heterocycles. The molecule has 0 saturated carbocycles. The lowest BCUT2D eigenvalue weighted by atomic mass is 9.88. The molecule has 100 valence electrons. The molecule has 1 aliphatic rings. The number of nitrogens with two attached hydrogens (primary N) is 1. The van der Waals surface area contributed by atoms with Crippen LogP contribution in [0.3, 0.4) is 0 Å². The minimum absolute atomic E-state index is 0.0441. The Morgan fingerprint density at radius 1 is 1.33 bits per heavy atom. The van der Waals surface area contributed by atoms with E-state index in [-0.39, 0.29) is 11.3 Å². The predicted octanol–water partition coefficient (Wildman–Crippen LogP) is 2.94. The molecule has 18 heavy (non-hydrogen) atoms. The number of aryl methyl sites for hydroxylation is 1. The maximum absolute atomic E-state index is 12.3. The van der Waals surface area contributed by atoms with Gasteiger partial charge in [-0.05, 0) is 30.4 Å². The average Bonchev–Trinajstić information content (AvgIpc) is 2.39. The van der Waals surface area contributed by atoms with E-state index in [2.05, 4.69) is 25.1 Å². The Labute approximate surface area is 112 Å². The molecule has 0 fully saturated rings. The monoisotopic (exact) mass is 265 g/mol. The quantitative estimate of drug-likeness (QED) is 0.832. The molecule has 0 radical (unpaired) electrons. The van der Waals surface area contributed by atoms with Gasteiger partial charge in [0.1, 0.15) is 0 Å². The first-order chi connectivity index (χ1) is 8.74. The van der Waals surface area contributed by atoms with Gasteiger partial charge in [0, 0.05) is 22.6 Å². The van der Waals surface area contributed by atoms with Crippen LogP contribution < -0.4 is 5.73 Å². The fraction of sp³-hybridized carbons (Fsp3) is 0.600. The van der Waals surface area contributed by atoms with Crippen molar-refractivity contribution in [3.8, 4) is 0 Å². The van der Waals surface area contributed by atoms with E-state index >= 15 is 0 Å². The highest BCUT2D eigenvalue weighted by Gasteiger charge is 2.30. The van der Waals surface area contributed by atoms with Gasteiger partial charge >= 0.3 is 0 Å². The Bertz CT molecular complexity index is 419. The molecule has 0 bridgehead atoms. The zero-order valence-electron chi connectivity index (χ0n) is 11.1. The molecule has 0 saturated heterocycles. The number of benzene rings is 1. The number of fused-ring (bicyclic) bond motifs is 1. The maximum atomic E-state index is 12.3. The summed E-state index contributed by atoms with van der Waals surface area (Å²) in [4.78, 5) is 0. The standard InChI is InChI=1S/C15H23NOS/c1-2-3-6-11-18(17)14-10-9-12-7-4-5-8-13(12)15(14)16/h4-5,7-8,14-15H,2-3,6,9-11,16H2,1H3. The lowest BCUT2D eigenvalue weighted by molar-refractivity contribution is 0.561. The summed E-state index contributed by atoms with van der Waals surface area (Å²) in [6.07, 6.45) is 5.40. The maximum Gasteiger partial charge on any atom is 0.0544 e. The van der Waals surface area contributed by atoms with Gasteiger partial charge in [-0.2, -0.15) is 0 Å². The van der Waals surface area contributed by atoms with E-state index < -0.39 is 10.8 Å². The van der Waals surface area contributed by atoms with Crippen LogP contribution in [0.25, 0.3) is 0 Å². The summed E-state index contributed by atoms with van der Waals surface area (Å²) in [6.45, 7) is 2.17. The molecule has 1 aromatic rings. The Morgan fingerprint density at radius 3 is 2.89 bits per heavy atom. The van der Waals surface area contributed by atoms with Gasteiger partial charge in [0.25, 0.3) is 0 Å². The third-order valence-electron chi connectivity index (χ3n) is 3.80. The van der Waals surface area contributed by atoms with Gasteiger partial charge in [-0.15, -0.1) is 0 Å². The molecule has 0 spiro atoms. The number of rotatable bonds is 5. The molecule has 2 N–H and O–H groups in total. The second kappa shape index (κ2) is 6.48. The molecule has 3 heteroatoms. The fourth-order valence-corrected chi connectivity index (χ4v) is 4.35. The van der Waals surface area contributed by atoms with Gasteiger partial charge in [0.05, 0.1) is 5.25 Å². The van der Waals surface area contributed by atoms with Gasteiger partial charge < -0.3 is 5.73 Å². The lowest BCUT2D eigenvalue weighted by Crippen LogP contribution is -2.35. The third-order valence-corrected chi connectivity index (χ3v) is 5.70. The van der Waals surface area contributed by atoms with Crippen molar-refractivity contribution in [1.29, 1.82) is 0 Å². The van der Waals surface area contributed by atoms with Gasteiger partial charge in [0.15, 0.2) is 0 Å². The number of hydrogen-bond donors (Lipinski definition) is 1. The molecule has 1 aromatic carbocycles. The van der Waals surface area contributed by atoms with Crippen molar-refractivity contribution in [2.45, 2.75) is 50.3 Å². The van der Waals surface area contributed by atoms with Crippen LogP contribution in [-0.4, -0.2) is 15.2 Å². The zero-order chi connectivity index (χ0) is 13.0. The zero-order valence-corrected chi connectivity index (χ0v) is 11.9. The largest absolute Gasteiger partial charge is 0.323 e. The molecule has 2 nitrogen and oxygen atoms in total. The molecule has 3 atom stereocenters. The number of unbranched alkanes of at least 4 members (excludes halogenated alkanes) is 2. The van der Waals surface area contributed by atoms with Crippen molar-refractivity contribution < 1.29 is 4.21 Å². The SMILES string of the molecule is CCCCCS(=O)C1CCc2ccccc2C1N. The van der Waals surface area contributed by atoms with Crippen molar-refractivity contribution in [3.63, 3.8) is 0 Å². The van der Waals surface area contributed by atoms with Crippen molar-refractivity contribution in [2.75, 3.05) is 5.75 Å². The molecule has 0 amide bonds. The highest BCUT2D eigenvalue weighted by Crippen LogP contribution is 2.31. The van der Waals surface area contributed by atoms with E-state index in [1.807, 2.05) is 6.07 Å². The summed E-state index contributed by atoms with van der Waals surface area (Å²) in [5, 5.41) is 0.150. The van der Waals surface area contributed by atoms with Crippen molar-refractivity contribution in [3.05, 3.63) is 35.4 Å². The van der Waals surface area contributed by atoms with Crippen LogP contribution >= 0.6 is 0 Å². The van der Waals surface area contributed by atoms with Crippen molar-refractivity contribution in [1.82, 2.24) is 0 Å².